The van der Waals surface area contributed by atoms with Gasteiger partial charge in [-0.25, -0.2) is 20.5 Å². The minimum atomic E-state index is -0.216. The van der Waals surface area contributed by atoms with Crippen LogP contribution in [-0.2, 0) is 0 Å². The fraction of sp³-hybridized carbons (Fsp3) is 0. The first-order valence-electron chi connectivity index (χ1n) is 9.90. The maximum Gasteiger partial charge on any atom is 0.350 e. The molecule has 0 fully saturated rings. The summed E-state index contributed by atoms with van der Waals surface area (Å²) in [5.41, 5.74) is 2.87. The van der Waals surface area contributed by atoms with E-state index >= 15 is 0 Å². The third-order valence-electron chi connectivity index (χ3n) is 4.85. The molecule has 0 aliphatic carbocycles. The number of hydrogen-bond donors (Lipinski definition) is 0. The van der Waals surface area contributed by atoms with Crippen LogP contribution >= 0.6 is 57.1 Å². The molecule has 5 heterocycles. The summed E-state index contributed by atoms with van der Waals surface area (Å²) in [6.45, 7) is 14.0. The first kappa shape index (κ1) is 23.0. The monoisotopic (exact) mass is 568 g/mol. The van der Waals surface area contributed by atoms with Crippen LogP contribution in [0, 0.1) is 35.8 Å². The molecule has 5 aromatic heterocycles. The van der Waals surface area contributed by atoms with Crippen LogP contribution in [-0.4, -0.2) is 30.4 Å². The molecule has 172 valence electrons. The van der Waals surface area contributed by atoms with Crippen LogP contribution in [0.5, 0.6) is 0 Å². The van der Waals surface area contributed by atoms with Crippen LogP contribution in [0.1, 0.15) is 0 Å². The van der Waals surface area contributed by atoms with Crippen molar-refractivity contribution in [2.75, 3.05) is 0 Å². The van der Waals surface area contributed by atoms with E-state index in [4.69, 9.17) is 33.6 Å². The standard InChI is InChI=1S/C22H4N10S5/c1-25-11(7-23)27-13-5-3-9(33-13)21-29-17-15-16(32-37-31-15)18-20(19(17)35-21)36-22(30-18)10-4-6-14(34-10)28-12(8-24)26-2/h3-6H/b27-11-,28-12+. The summed E-state index contributed by atoms with van der Waals surface area (Å²) in [4.78, 5) is 25.9. The molecule has 0 unspecified atom stereocenters. The number of nitrogens with zero attached hydrogens (tertiary/aromatic N) is 10. The summed E-state index contributed by atoms with van der Waals surface area (Å²) in [6, 6.07) is 10.8. The molecular formula is C22H4N10S5. The van der Waals surface area contributed by atoms with Crippen LogP contribution in [0.25, 0.3) is 60.9 Å². The highest BCUT2D eigenvalue weighted by Crippen LogP contribution is 2.46. The van der Waals surface area contributed by atoms with E-state index in [0.29, 0.717) is 21.0 Å². The Bertz CT molecular complexity index is 1920. The van der Waals surface area contributed by atoms with Crippen LogP contribution in [0.2, 0.25) is 0 Å². The zero-order chi connectivity index (χ0) is 25.5. The first-order valence-corrected chi connectivity index (χ1v) is 13.9. The number of nitriles is 2. The highest BCUT2D eigenvalue weighted by Gasteiger charge is 2.22. The molecular weight excluding hydrogens is 565 g/mol. The lowest BCUT2D eigenvalue weighted by atomic mass is 10.2. The lowest BCUT2D eigenvalue weighted by Gasteiger charge is -1.91. The van der Waals surface area contributed by atoms with Gasteiger partial charge in [-0.1, -0.05) is 45.8 Å². The third kappa shape index (κ3) is 3.94. The fourth-order valence-electron chi connectivity index (χ4n) is 3.34. The van der Waals surface area contributed by atoms with Gasteiger partial charge in [-0.3, -0.25) is 0 Å². The average Bonchev–Trinajstić information content (AvgIpc) is 3.72. The Morgan fingerprint density at radius 2 is 1.16 bits per heavy atom. The predicted octanol–water partition coefficient (Wildman–Crippen LogP) is 7.31. The number of fused-ring (bicyclic) bond motifs is 6. The second-order valence-corrected chi connectivity index (χ2v) is 11.6. The topological polar surface area (TPSA) is 133 Å². The Morgan fingerprint density at radius 1 is 0.703 bits per heavy atom. The predicted molar refractivity (Wildman–Crippen MR) is 149 cm³/mol. The highest BCUT2D eigenvalue weighted by molar-refractivity contribution is 7.32. The molecule has 1 aromatic carbocycles. The molecule has 37 heavy (non-hydrogen) atoms. The zero-order valence-corrected chi connectivity index (χ0v) is 21.9. The van der Waals surface area contributed by atoms with Gasteiger partial charge in [0.15, 0.2) is 0 Å². The van der Waals surface area contributed by atoms with E-state index in [1.807, 2.05) is 12.1 Å². The molecule has 6 aromatic rings. The lowest BCUT2D eigenvalue weighted by Crippen LogP contribution is -1.80. The lowest BCUT2D eigenvalue weighted by molar-refractivity contribution is 1.49. The van der Waals surface area contributed by atoms with Crippen LogP contribution in [0.15, 0.2) is 34.3 Å². The second-order valence-electron chi connectivity index (χ2n) is 6.95. The first-order chi connectivity index (χ1) is 18.1. The summed E-state index contributed by atoms with van der Waals surface area (Å²) in [5.74, 6) is -0.431. The summed E-state index contributed by atoms with van der Waals surface area (Å²) in [7, 11) is 0. The third-order valence-corrected chi connectivity index (χ3v) is 9.95. The van der Waals surface area contributed by atoms with E-state index in [9.17, 15) is 0 Å². The van der Waals surface area contributed by atoms with E-state index in [2.05, 4.69) is 28.4 Å². The summed E-state index contributed by atoms with van der Waals surface area (Å²) < 4.78 is 10.9. The molecule has 0 N–H and O–H groups in total. The van der Waals surface area contributed by atoms with E-state index < -0.39 is 0 Å². The molecule has 0 saturated heterocycles. The number of aromatic nitrogens is 4. The Kier molecular flexibility index (Phi) is 5.70. The van der Waals surface area contributed by atoms with Crippen molar-refractivity contribution in [2.24, 2.45) is 9.98 Å². The molecule has 0 spiro atoms. The Labute approximate surface area is 227 Å². The van der Waals surface area contributed by atoms with Gasteiger partial charge in [-0.15, -0.1) is 22.7 Å². The summed E-state index contributed by atoms with van der Waals surface area (Å²) >= 11 is 6.84. The molecule has 0 bridgehead atoms. The van der Waals surface area contributed by atoms with Crippen molar-refractivity contribution in [3.05, 3.63) is 47.1 Å². The van der Waals surface area contributed by atoms with E-state index in [0.717, 1.165) is 51.9 Å². The maximum atomic E-state index is 8.99. The van der Waals surface area contributed by atoms with Gasteiger partial charge in [-0.05, 0) is 24.3 Å². The number of hydrogen-bond acceptors (Lipinski definition) is 13. The summed E-state index contributed by atoms with van der Waals surface area (Å²) in [6.07, 6.45) is 0. The average molecular weight is 569 g/mol. The van der Waals surface area contributed by atoms with Crippen molar-refractivity contribution in [1.29, 1.82) is 10.5 Å². The van der Waals surface area contributed by atoms with Gasteiger partial charge in [0.05, 0.1) is 30.9 Å². The highest BCUT2D eigenvalue weighted by atomic mass is 32.1. The summed E-state index contributed by atoms with van der Waals surface area (Å²) in [5, 5.41) is 20.6. The molecule has 0 radical (unpaired) electrons. The molecule has 0 atom stereocenters. The van der Waals surface area contributed by atoms with Gasteiger partial charge in [0.2, 0.25) is 10.0 Å². The Hall–Kier alpha value is -4.48. The van der Waals surface area contributed by atoms with Gasteiger partial charge in [0, 0.05) is 0 Å². The normalized spacial score (nSPS) is 12.0. The molecule has 0 aliphatic heterocycles. The largest absolute Gasteiger partial charge is 0.351 e. The van der Waals surface area contributed by atoms with Gasteiger partial charge in [-0.2, -0.15) is 8.75 Å². The van der Waals surface area contributed by atoms with E-state index in [-0.39, 0.29) is 11.7 Å². The second kappa shape index (κ2) is 9.19. The Balaban J connectivity index is 1.49. The molecule has 0 saturated carbocycles. The van der Waals surface area contributed by atoms with Crippen molar-refractivity contribution >= 4 is 110 Å². The number of aliphatic imine (C=N–C) groups is 2. The quantitative estimate of drug-likeness (QED) is 0.124. The maximum absolute atomic E-state index is 8.99. The van der Waals surface area contributed by atoms with Crippen molar-refractivity contribution in [2.45, 2.75) is 0 Å². The van der Waals surface area contributed by atoms with Gasteiger partial charge in [0.25, 0.3) is 0 Å². The van der Waals surface area contributed by atoms with Gasteiger partial charge >= 0.3 is 11.7 Å². The molecule has 0 amide bonds. The molecule has 15 heteroatoms. The molecule has 6 rings (SSSR count). The van der Waals surface area contributed by atoms with Crippen molar-refractivity contribution in [1.82, 2.24) is 18.7 Å². The van der Waals surface area contributed by atoms with Gasteiger partial charge in [0.1, 0.15) is 44.2 Å². The Morgan fingerprint density at radius 3 is 1.57 bits per heavy atom. The van der Waals surface area contributed by atoms with Crippen LogP contribution in [0.3, 0.4) is 0 Å². The van der Waals surface area contributed by atoms with Crippen molar-refractivity contribution < 1.29 is 0 Å². The number of amidine groups is 2. The van der Waals surface area contributed by atoms with E-state index in [1.54, 1.807) is 24.3 Å². The molecule has 0 aliphatic rings. The number of thiophene rings is 2. The number of thiazole rings is 2. The van der Waals surface area contributed by atoms with E-state index in [1.165, 1.54) is 45.3 Å². The fourth-order valence-corrected chi connectivity index (χ4v) is 8.02. The van der Waals surface area contributed by atoms with Crippen molar-refractivity contribution in [3.8, 4) is 31.9 Å². The minimum Gasteiger partial charge on any atom is -0.351 e. The van der Waals surface area contributed by atoms with Crippen LogP contribution in [0.4, 0.5) is 10.0 Å². The number of benzene rings is 1. The smallest absolute Gasteiger partial charge is 0.350 e. The van der Waals surface area contributed by atoms with Crippen LogP contribution < -0.4 is 0 Å². The SMILES string of the molecule is [C-]#[N+]/C(C#N)=N\c1ccc(-c2nc3c4nsnc4c4nc(-c5ccc(/N=C(\C#N)[N+]#[C-])s5)sc4c3s2)s1. The zero-order valence-electron chi connectivity index (χ0n) is 17.8. The van der Waals surface area contributed by atoms with Crippen molar-refractivity contribution in [3.63, 3.8) is 0 Å². The minimum absolute atomic E-state index is 0.216. The number of rotatable bonds is 4. The molecule has 10 nitrogen and oxygen atoms in total. The van der Waals surface area contributed by atoms with Gasteiger partial charge < -0.3 is 9.69 Å².